The molecule has 0 saturated carbocycles. The van der Waals surface area contributed by atoms with Gasteiger partial charge in [-0.1, -0.05) is 0 Å². The Morgan fingerprint density at radius 2 is 2.11 bits per heavy atom. The Morgan fingerprint density at radius 1 is 1.28 bits per heavy atom. The lowest BCUT2D eigenvalue weighted by molar-refractivity contribution is 0.308. The zero-order chi connectivity index (χ0) is 13.0. The number of unbranched alkanes of at least 4 members (excludes halogenated alkanes) is 1. The molecular weight excluding hydrogens is 246 g/mol. The Kier molecular flexibility index (Phi) is 4.33. The smallest absolute Gasteiger partial charge is 0.188 e. The molecule has 1 heterocycles. The van der Waals surface area contributed by atoms with Crippen molar-refractivity contribution >= 4 is 21.4 Å². The van der Waals surface area contributed by atoms with Crippen molar-refractivity contribution in [3.8, 4) is 5.75 Å². The van der Waals surface area contributed by atoms with E-state index in [2.05, 4.69) is 0 Å². The van der Waals surface area contributed by atoms with Crippen molar-refractivity contribution in [2.24, 2.45) is 5.73 Å². The molecule has 2 aromatic rings. The minimum atomic E-state index is 0.0636. The molecule has 2 N–H and O–H groups in total. The maximum atomic E-state index is 11.9. The highest BCUT2D eigenvalue weighted by molar-refractivity contribution is 7.18. The first-order valence-corrected chi connectivity index (χ1v) is 6.90. The van der Waals surface area contributed by atoms with Crippen molar-refractivity contribution in [2.45, 2.75) is 19.8 Å². The first-order valence-electron chi connectivity index (χ1n) is 6.08. The predicted octanol–water partition coefficient (Wildman–Crippen LogP) is 2.69. The normalized spacial score (nSPS) is 10.8. The van der Waals surface area contributed by atoms with Crippen LogP contribution in [0.2, 0.25) is 0 Å². The van der Waals surface area contributed by atoms with Gasteiger partial charge in [-0.3, -0.25) is 4.79 Å². The quantitative estimate of drug-likeness (QED) is 0.844. The first-order chi connectivity index (χ1) is 8.70. The van der Waals surface area contributed by atoms with E-state index >= 15 is 0 Å². The summed E-state index contributed by atoms with van der Waals surface area (Å²) in [6.45, 7) is 3.28. The molecule has 1 aromatic heterocycles. The molecule has 0 fully saturated rings. The number of hydrogen-bond acceptors (Lipinski definition) is 4. The monoisotopic (exact) mass is 263 g/mol. The van der Waals surface area contributed by atoms with Crippen LogP contribution >= 0.6 is 11.3 Å². The van der Waals surface area contributed by atoms with Gasteiger partial charge in [0.15, 0.2) is 5.43 Å². The largest absolute Gasteiger partial charge is 0.494 e. The standard InChI is InChI=1S/C14H17NO2S/c1-10-8-13(16)12-9-11(4-5-14(12)18-10)17-7-3-2-6-15/h4-5,8-9H,2-3,6-7,15H2,1H3. The molecule has 0 bridgehead atoms. The fourth-order valence-corrected chi connectivity index (χ4v) is 2.70. The number of rotatable bonds is 5. The lowest BCUT2D eigenvalue weighted by Crippen LogP contribution is -2.04. The van der Waals surface area contributed by atoms with E-state index in [0.29, 0.717) is 13.2 Å². The summed E-state index contributed by atoms with van der Waals surface area (Å²) < 4.78 is 6.62. The summed E-state index contributed by atoms with van der Waals surface area (Å²) >= 11 is 1.62. The van der Waals surface area contributed by atoms with Crippen LogP contribution in [0.5, 0.6) is 5.75 Å². The van der Waals surface area contributed by atoms with Crippen LogP contribution in [0.3, 0.4) is 0 Å². The van der Waals surface area contributed by atoms with Gasteiger partial charge in [0, 0.05) is 15.0 Å². The summed E-state index contributed by atoms with van der Waals surface area (Å²) in [5, 5.41) is 0.738. The molecule has 2 rings (SSSR count). The van der Waals surface area contributed by atoms with Gasteiger partial charge in [-0.05, 0) is 50.6 Å². The molecule has 0 unspecified atom stereocenters. The molecule has 96 valence electrons. The lowest BCUT2D eigenvalue weighted by Gasteiger charge is -2.06. The molecule has 4 heteroatoms. The van der Waals surface area contributed by atoms with Crippen molar-refractivity contribution < 1.29 is 4.74 Å². The van der Waals surface area contributed by atoms with Crippen LogP contribution in [-0.2, 0) is 0 Å². The van der Waals surface area contributed by atoms with E-state index in [1.165, 1.54) is 0 Å². The van der Waals surface area contributed by atoms with Gasteiger partial charge < -0.3 is 10.5 Å². The summed E-state index contributed by atoms with van der Waals surface area (Å²) in [6.07, 6.45) is 1.90. The topological polar surface area (TPSA) is 52.3 Å². The van der Waals surface area contributed by atoms with Gasteiger partial charge in [-0.15, -0.1) is 11.3 Å². The zero-order valence-electron chi connectivity index (χ0n) is 10.4. The minimum absolute atomic E-state index is 0.0636. The lowest BCUT2D eigenvalue weighted by atomic mass is 10.2. The van der Waals surface area contributed by atoms with Gasteiger partial charge in [0.1, 0.15) is 5.75 Å². The highest BCUT2D eigenvalue weighted by Gasteiger charge is 2.03. The van der Waals surface area contributed by atoms with Crippen LogP contribution in [0.4, 0.5) is 0 Å². The second-order valence-electron chi connectivity index (χ2n) is 4.22. The van der Waals surface area contributed by atoms with Gasteiger partial charge in [0.05, 0.1) is 6.61 Å². The van der Waals surface area contributed by atoms with Crippen molar-refractivity contribution in [2.75, 3.05) is 13.2 Å². The van der Waals surface area contributed by atoms with Gasteiger partial charge in [0.25, 0.3) is 0 Å². The molecule has 0 aliphatic carbocycles. The number of nitrogens with two attached hydrogens (primary N) is 1. The van der Waals surface area contributed by atoms with E-state index in [0.717, 1.165) is 33.6 Å². The van der Waals surface area contributed by atoms with E-state index in [9.17, 15) is 4.79 Å². The Balaban J connectivity index is 2.19. The number of aryl methyl sites for hydroxylation is 1. The Labute approximate surface area is 110 Å². The SMILES string of the molecule is Cc1cc(=O)c2cc(OCCCCN)ccc2s1. The highest BCUT2D eigenvalue weighted by atomic mass is 32.1. The van der Waals surface area contributed by atoms with Crippen molar-refractivity contribution in [3.63, 3.8) is 0 Å². The fourth-order valence-electron chi connectivity index (χ4n) is 1.78. The number of fused-ring (bicyclic) bond motifs is 1. The van der Waals surface area contributed by atoms with Crippen LogP contribution in [0.25, 0.3) is 10.1 Å². The van der Waals surface area contributed by atoms with Gasteiger partial charge in [0.2, 0.25) is 0 Å². The maximum absolute atomic E-state index is 11.9. The molecular formula is C14H17NO2S. The third kappa shape index (κ3) is 3.09. The van der Waals surface area contributed by atoms with Gasteiger partial charge >= 0.3 is 0 Å². The van der Waals surface area contributed by atoms with Gasteiger partial charge in [-0.2, -0.15) is 0 Å². The third-order valence-electron chi connectivity index (χ3n) is 2.69. The van der Waals surface area contributed by atoms with Crippen molar-refractivity contribution in [3.05, 3.63) is 39.4 Å². The highest BCUT2D eigenvalue weighted by Crippen LogP contribution is 2.23. The van der Waals surface area contributed by atoms with Crippen LogP contribution in [0.15, 0.2) is 29.1 Å². The molecule has 0 aliphatic rings. The van der Waals surface area contributed by atoms with Crippen LogP contribution < -0.4 is 15.9 Å². The molecule has 0 atom stereocenters. The number of hydrogen-bond donors (Lipinski definition) is 1. The molecule has 18 heavy (non-hydrogen) atoms. The van der Waals surface area contributed by atoms with Crippen molar-refractivity contribution in [1.29, 1.82) is 0 Å². The average molecular weight is 263 g/mol. The van der Waals surface area contributed by atoms with Crippen LogP contribution in [0, 0.1) is 6.92 Å². The zero-order valence-corrected chi connectivity index (χ0v) is 11.3. The van der Waals surface area contributed by atoms with E-state index in [1.54, 1.807) is 17.4 Å². The second kappa shape index (κ2) is 5.98. The average Bonchev–Trinajstić information content (AvgIpc) is 2.35. The Hall–Kier alpha value is -1.39. The Bertz CT molecular complexity index is 592. The molecule has 0 radical (unpaired) electrons. The second-order valence-corrected chi connectivity index (χ2v) is 5.51. The molecule has 1 aromatic carbocycles. The van der Waals surface area contributed by atoms with E-state index in [4.69, 9.17) is 10.5 Å². The molecule has 0 aliphatic heterocycles. The summed E-state index contributed by atoms with van der Waals surface area (Å²) in [4.78, 5) is 12.9. The summed E-state index contributed by atoms with van der Waals surface area (Å²) in [5.41, 5.74) is 5.48. The predicted molar refractivity (Wildman–Crippen MR) is 76.6 cm³/mol. The molecule has 0 amide bonds. The fraction of sp³-hybridized carbons (Fsp3) is 0.357. The Morgan fingerprint density at radius 3 is 2.89 bits per heavy atom. The van der Waals surface area contributed by atoms with Crippen LogP contribution in [-0.4, -0.2) is 13.2 Å². The van der Waals surface area contributed by atoms with E-state index in [-0.39, 0.29) is 5.43 Å². The van der Waals surface area contributed by atoms with E-state index < -0.39 is 0 Å². The molecule has 3 nitrogen and oxygen atoms in total. The first kappa shape index (κ1) is 13.1. The summed E-state index contributed by atoms with van der Waals surface area (Å²) in [6, 6.07) is 7.37. The third-order valence-corrected chi connectivity index (χ3v) is 3.70. The van der Waals surface area contributed by atoms with Crippen LogP contribution in [0.1, 0.15) is 17.7 Å². The number of ether oxygens (including phenoxy) is 1. The number of benzene rings is 1. The summed E-state index contributed by atoms with van der Waals surface area (Å²) in [7, 11) is 0. The molecule has 0 spiro atoms. The van der Waals surface area contributed by atoms with Crippen molar-refractivity contribution in [1.82, 2.24) is 0 Å². The minimum Gasteiger partial charge on any atom is -0.494 e. The maximum Gasteiger partial charge on any atom is 0.188 e. The van der Waals surface area contributed by atoms with E-state index in [1.807, 2.05) is 25.1 Å². The van der Waals surface area contributed by atoms with Gasteiger partial charge in [-0.25, -0.2) is 0 Å². The summed E-state index contributed by atoms with van der Waals surface area (Å²) in [5.74, 6) is 0.757. The molecule has 0 saturated heterocycles.